The summed E-state index contributed by atoms with van der Waals surface area (Å²) in [5, 5.41) is 4.14. The normalized spacial score (nSPS) is 28.2. The van der Waals surface area contributed by atoms with Crippen LogP contribution in [-0.2, 0) is 17.4 Å². The summed E-state index contributed by atoms with van der Waals surface area (Å²) < 4.78 is 7.50. The van der Waals surface area contributed by atoms with Crippen molar-refractivity contribution in [3.63, 3.8) is 0 Å². The molecule has 0 amide bonds. The second kappa shape index (κ2) is 3.12. The fourth-order valence-corrected chi connectivity index (χ4v) is 1.86. The molecule has 1 aromatic rings. The maximum absolute atomic E-state index is 5.75. The Morgan fingerprint density at radius 1 is 1.77 bits per heavy atom. The van der Waals surface area contributed by atoms with Crippen molar-refractivity contribution in [3.05, 3.63) is 18.0 Å². The molecule has 4 nitrogen and oxygen atoms in total. The Morgan fingerprint density at radius 2 is 2.62 bits per heavy atom. The minimum atomic E-state index is -0.256. The Balaban J connectivity index is 2.30. The van der Waals surface area contributed by atoms with Crippen molar-refractivity contribution in [1.29, 1.82) is 0 Å². The summed E-state index contributed by atoms with van der Waals surface area (Å²) in [6.45, 7) is 1.35. The molecule has 1 aromatic heterocycles. The molecule has 1 atom stereocenters. The number of nitrogens with two attached hydrogens (primary N) is 1. The van der Waals surface area contributed by atoms with Gasteiger partial charge in [-0.2, -0.15) is 5.10 Å². The Morgan fingerprint density at radius 3 is 3.08 bits per heavy atom. The van der Waals surface area contributed by atoms with Crippen LogP contribution in [0.3, 0.4) is 0 Å². The molecule has 1 fully saturated rings. The molecule has 2 N–H and O–H groups in total. The van der Waals surface area contributed by atoms with Crippen molar-refractivity contribution in [3.8, 4) is 0 Å². The van der Waals surface area contributed by atoms with Gasteiger partial charge in [0.25, 0.3) is 0 Å². The van der Waals surface area contributed by atoms with E-state index in [9.17, 15) is 0 Å². The molecule has 2 rings (SSSR count). The van der Waals surface area contributed by atoms with Crippen LogP contribution in [0.25, 0.3) is 0 Å². The molecule has 0 aromatic carbocycles. The number of hydrogen-bond acceptors (Lipinski definition) is 3. The van der Waals surface area contributed by atoms with Gasteiger partial charge in [0.2, 0.25) is 0 Å². The lowest BCUT2D eigenvalue weighted by Gasteiger charge is -2.24. The van der Waals surface area contributed by atoms with Crippen molar-refractivity contribution >= 4 is 0 Å². The third-order valence-electron chi connectivity index (χ3n) is 2.66. The average molecular weight is 181 g/mol. The van der Waals surface area contributed by atoms with Crippen molar-refractivity contribution in [2.24, 2.45) is 12.8 Å². The van der Waals surface area contributed by atoms with Crippen molar-refractivity contribution in [1.82, 2.24) is 9.78 Å². The number of hydrogen-bond donors (Lipinski definition) is 1. The van der Waals surface area contributed by atoms with Crippen LogP contribution in [0.5, 0.6) is 0 Å². The Bertz CT molecular complexity index is 289. The zero-order valence-corrected chi connectivity index (χ0v) is 7.86. The van der Waals surface area contributed by atoms with E-state index in [-0.39, 0.29) is 5.60 Å². The van der Waals surface area contributed by atoms with Gasteiger partial charge in [0.05, 0.1) is 6.20 Å². The highest BCUT2D eigenvalue weighted by Gasteiger charge is 2.36. The van der Waals surface area contributed by atoms with Gasteiger partial charge in [-0.1, -0.05) is 0 Å². The van der Waals surface area contributed by atoms with Crippen molar-refractivity contribution < 1.29 is 4.74 Å². The molecule has 4 heteroatoms. The van der Waals surface area contributed by atoms with Crippen LogP contribution in [0.2, 0.25) is 0 Å². The maximum atomic E-state index is 5.75. The van der Waals surface area contributed by atoms with Crippen LogP contribution in [0, 0.1) is 0 Å². The van der Waals surface area contributed by atoms with E-state index < -0.39 is 0 Å². The topological polar surface area (TPSA) is 53.1 Å². The van der Waals surface area contributed by atoms with Gasteiger partial charge in [0.15, 0.2) is 0 Å². The fraction of sp³-hybridized carbons (Fsp3) is 0.667. The number of nitrogens with zero attached hydrogens (tertiary/aromatic N) is 2. The average Bonchev–Trinajstić information content (AvgIpc) is 2.73. The maximum Gasteiger partial charge on any atom is 0.108 e. The molecule has 72 valence electrons. The third-order valence-corrected chi connectivity index (χ3v) is 2.66. The van der Waals surface area contributed by atoms with Gasteiger partial charge in [0, 0.05) is 32.0 Å². The van der Waals surface area contributed by atoms with Crippen molar-refractivity contribution in [2.45, 2.75) is 18.4 Å². The van der Waals surface area contributed by atoms with E-state index in [1.807, 2.05) is 19.4 Å². The molecule has 0 saturated carbocycles. The van der Waals surface area contributed by atoms with Gasteiger partial charge in [0.1, 0.15) is 5.60 Å². The summed E-state index contributed by atoms with van der Waals surface area (Å²) in [7, 11) is 1.91. The number of ether oxygens (including phenoxy) is 1. The molecular formula is C9H15N3O. The molecular weight excluding hydrogens is 166 g/mol. The quantitative estimate of drug-likeness (QED) is 0.717. The van der Waals surface area contributed by atoms with Crippen LogP contribution in [-0.4, -0.2) is 22.9 Å². The second-order valence-electron chi connectivity index (χ2n) is 3.55. The highest BCUT2D eigenvalue weighted by atomic mass is 16.5. The largest absolute Gasteiger partial charge is 0.369 e. The lowest BCUT2D eigenvalue weighted by molar-refractivity contribution is 0.00795. The van der Waals surface area contributed by atoms with E-state index in [4.69, 9.17) is 10.5 Å². The minimum absolute atomic E-state index is 0.256. The van der Waals surface area contributed by atoms with E-state index in [0.29, 0.717) is 6.54 Å². The standard InChI is InChI=1S/C9H15N3O/c1-12-6-8(5-11-12)9(7-10)3-2-4-13-9/h5-6H,2-4,7,10H2,1H3. The predicted octanol–water partition coefficient (Wildman–Crippen LogP) is 0.384. The van der Waals surface area contributed by atoms with Gasteiger partial charge in [-0.25, -0.2) is 0 Å². The van der Waals surface area contributed by atoms with Crippen LogP contribution < -0.4 is 5.73 Å². The number of rotatable bonds is 2. The van der Waals surface area contributed by atoms with E-state index in [1.165, 1.54) is 0 Å². The van der Waals surface area contributed by atoms with Crippen LogP contribution >= 0.6 is 0 Å². The minimum Gasteiger partial charge on any atom is -0.369 e. The first kappa shape index (κ1) is 8.72. The summed E-state index contributed by atoms with van der Waals surface area (Å²) in [5.41, 5.74) is 6.60. The third kappa shape index (κ3) is 1.36. The molecule has 0 bridgehead atoms. The smallest absolute Gasteiger partial charge is 0.108 e. The first-order valence-electron chi connectivity index (χ1n) is 4.60. The highest BCUT2D eigenvalue weighted by Crippen LogP contribution is 2.34. The van der Waals surface area contributed by atoms with Gasteiger partial charge in [-0.05, 0) is 12.8 Å². The first-order chi connectivity index (χ1) is 6.27. The monoisotopic (exact) mass is 181 g/mol. The summed E-state index contributed by atoms with van der Waals surface area (Å²) in [6, 6.07) is 0. The van der Waals surface area contributed by atoms with Crippen LogP contribution in [0.4, 0.5) is 0 Å². The summed E-state index contributed by atoms with van der Waals surface area (Å²) >= 11 is 0. The molecule has 13 heavy (non-hydrogen) atoms. The van der Waals surface area contributed by atoms with Crippen molar-refractivity contribution in [2.75, 3.05) is 13.2 Å². The number of aromatic nitrogens is 2. The van der Waals surface area contributed by atoms with Gasteiger partial charge in [-0.15, -0.1) is 0 Å². The highest BCUT2D eigenvalue weighted by molar-refractivity contribution is 5.17. The second-order valence-corrected chi connectivity index (χ2v) is 3.55. The Hall–Kier alpha value is -0.870. The lowest BCUT2D eigenvalue weighted by Crippen LogP contribution is -2.33. The van der Waals surface area contributed by atoms with Crippen LogP contribution in [0.15, 0.2) is 12.4 Å². The fourth-order valence-electron chi connectivity index (χ4n) is 1.86. The van der Waals surface area contributed by atoms with E-state index >= 15 is 0 Å². The first-order valence-corrected chi connectivity index (χ1v) is 4.60. The molecule has 0 spiro atoms. The molecule has 2 heterocycles. The molecule has 1 unspecified atom stereocenters. The molecule has 0 radical (unpaired) electrons. The van der Waals surface area contributed by atoms with E-state index in [0.717, 1.165) is 25.0 Å². The Kier molecular flexibility index (Phi) is 2.09. The van der Waals surface area contributed by atoms with Crippen LogP contribution in [0.1, 0.15) is 18.4 Å². The zero-order chi connectivity index (χ0) is 9.31. The Labute approximate surface area is 77.7 Å². The van der Waals surface area contributed by atoms with Gasteiger partial charge < -0.3 is 10.5 Å². The summed E-state index contributed by atoms with van der Waals surface area (Å²) in [6.07, 6.45) is 5.93. The van der Waals surface area contributed by atoms with Gasteiger partial charge in [-0.3, -0.25) is 4.68 Å². The number of aryl methyl sites for hydroxylation is 1. The zero-order valence-electron chi connectivity index (χ0n) is 7.86. The van der Waals surface area contributed by atoms with Gasteiger partial charge >= 0.3 is 0 Å². The molecule has 1 aliphatic heterocycles. The summed E-state index contributed by atoms with van der Waals surface area (Å²) in [4.78, 5) is 0. The van der Waals surface area contributed by atoms with E-state index in [2.05, 4.69) is 5.10 Å². The molecule has 0 aliphatic carbocycles. The van der Waals surface area contributed by atoms with E-state index in [1.54, 1.807) is 4.68 Å². The molecule has 1 saturated heterocycles. The SMILES string of the molecule is Cn1cc(C2(CN)CCCO2)cn1. The predicted molar refractivity (Wildman–Crippen MR) is 49.1 cm³/mol. The lowest BCUT2D eigenvalue weighted by atomic mass is 9.94. The molecule has 1 aliphatic rings. The summed E-state index contributed by atoms with van der Waals surface area (Å²) in [5.74, 6) is 0.